The van der Waals surface area contributed by atoms with Crippen LogP contribution >= 0.6 is 11.6 Å². The fourth-order valence-corrected chi connectivity index (χ4v) is 2.95. The van der Waals surface area contributed by atoms with Crippen LogP contribution in [0.3, 0.4) is 0 Å². The summed E-state index contributed by atoms with van der Waals surface area (Å²) < 4.78 is 21.5. The van der Waals surface area contributed by atoms with Crippen LogP contribution in [0, 0.1) is 5.82 Å². The smallest absolute Gasteiger partial charge is 0.341 e. The first-order valence-electron chi connectivity index (χ1n) is 7.82. The van der Waals surface area contributed by atoms with Crippen LogP contribution in [0.2, 0.25) is 5.02 Å². The van der Waals surface area contributed by atoms with Crippen LogP contribution in [-0.2, 0) is 0 Å². The van der Waals surface area contributed by atoms with Crippen molar-refractivity contribution < 1.29 is 19.0 Å². The number of carboxylic acids is 1. The molecule has 0 radical (unpaired) electrons. The van der Waals surface area contributed by atoms with Crippen LogP contribution in [0.1, 0.15) is 43.1 Å². The second-order valence-corrected chi connectivity index (χ2v) is 7.37. The Kier molecular flexibility index (Phi) is 4.25. The first-order valence-corrected chi connectivity index (χ1v) is 8.20. The lowest BCUT2D eigenvalue weighted by atomic mass is 10.1. The van der Waals surface area contributed by atoms with E-state index >= 15 is 0 Å². The number of hydrogen-bond donors (Lipinski definition) is 2. The predicted octanol–water partition coefficient (Wildman–Crippen LogP) is 2.94. The number of pyridine rings is 1. The van der Waals surface area contributed by atoms with Crippen LogP contribution < -0.4 is 15.9 Å². The lowest BCUT2D eigenvalue weighted by Gasteiger charge is -2.21. The Morgan fingerprint density at radius 3 is 2.68 bits per heavy atom. The molecule has 1 aliphatic carbocycles. The van der Waals surface area contributed by atoms with Crippen molar-refractivity contribution in [2.24, 2.45) is 5.73 Å². The molecule has 0 spiro atoms. The molecule has 0 bridgehead atoms. The molecule has 1 saturated carbocycles. The number of hydrogen-bond acceptors (Lipinski definition) is 4. The number of fused-ring (bicyclic) bond motifs is 1. The van der Waals surface area contributed by atoms with E-state index in [0.717, 1.165) is 18.9 Å². The van der Waals surface area contributed by atoms with Gasteiger partial charge in [-0.2, -0.15) is 0 Å². The minimum Gasteiger partial charge on any atom is -0.487 e. The Bertz CT molecular complexity index is 929. The third kappa shape index (κ3) is 3.34. The molecule has 1 aliphatic rings. The second kappa shape index (κ2) is 6.00. The van der Waals surface area contributed by atoms with Gasteiger partial charge in [0.25, 0.3) is 0 Å². The molecule has 2 aromatic rings. The van der Waals surface area contributed by atoms with Crippen LogP contribution in [-0.4, -0.2) is 27.8 Å². The van der Waals surface area contributed by atoms with E-state index in [0.29, 0.717) is 0 Å². The van der Waals surface area contributed by atoms with E-state index < -0.39 is 28.3 Å². The summed E-state index contributed by atoms with van der Waals surface area (Å²) in [5.41, 5.74) is 4.25. The second-order valence-electron chi connectivity index (χ2n) is 6.99. The number of aromatic nitrogens is 1. The van der Waals surface area contributed by atoms with Gasteiger partial charge in [0.2, 0.25) is 5.43 Å². The van der Waals surface area contributed by atoms with Crippen molar-refractivity contribution in [1.82, 2.24) is 4.57 Å². The number of aromatic carboxylic acids is 1. The van der Waals surface area contributed by atoms with Gasteiger partial charge in [0.05, 0.1) is 10.9 Å². The third-order valence-electron chi connectivity index (χ3n) is 3.93. The van der Waals surface area contributed by atoms with E-state index in [-0.39, 0.29) is 34.3 Å². The van der Waals surface area contributed by atoms with Crippen LogP contribution in [0.15, 0.2) is 17.1 Å². The van der Waals surface area contributed by atoms with Crippen molar-refractivity contribution in [2.45, 2.75) is 38.3 Å². The minimum atomic E-state index is -1.36. The zero-order chi connectivity index (χ0) is 18.5. The zero-order valence-electron chi connectivity index (χ0n) is 13.8. The number of ether oxygens (including phenoxy) is 1. The Balaban J connectivity index is 2.27. The highest BCUT2D eigenvalue weighted by atomic mass is 35.5. The molecule has 3 rings (SSSR count). The third-order valence-corrected chi connectivity index (χ3v) is 4.28. The first-order chi connectivity index (χ1) is 11.6. The number of nitrogens with two attached hydrogens (primary N) is 1. The molecule has 25 heavy (non-hydrogen) atoms. The summed E-state index contributed by atoms with van der Waals surface area (Å²) in [6.07, 6.45) is 2.93. The fourth-order valence-electron chi connectivity index (χ4n) is 2.61. The van der Waals surface area contributed by atoms with E-state index in [1.807, 2.05) is 0 Å². The van der Waals surface area contributed by atoms with E-state index in [2.05, 4.69) is 0 Å². The number of halogens is 2. The Morgan fingerprint density at radius 1 is 1.52 bits per heavy atom. The summed E-state index contributed by atoms with van der Waals surface area (Å²) in [6, 6.07) is 1.01. The van der Waals surface area contributed by atoms with Crippen molar-refractivity contribution in [3.8, 4) is 5.75 Å². The van der Waals surface area contributed by atoms with Gasteiger partial charge < -0.3 is 20.1 Å². The van der Waals surface area contributed by atoms with E-state index in [1.165, 1.54) is 6.20 Å². The summed E-state index contributed by atoms with van der Waals surface area (Å²) in [5, 5.41) is 9.11. The van der Waals surface area contributed by atoms with Crippen molar-refractivity contribution in [3.05, 3.63) is 38.9 Å². The average Bonchev–Trinajstić information content (AvgIpc) is 3.31. The van der Waals surface area contributed by atoms with Crippen LogP contribution in [0.4, 0.5) is 4.39 Å². The number of nitrogens with zero attached hydrogens (tertiary/aromatic N) is 1. The quantitative estimate of drug-likeness (QED) is 0.846. The molecule has 134 valence electrons. The molecular formula is C17H18ClFN2O4. The van der Waals surface area contributed by atoms with E-state index in [1.54, 1.807) is 18.4 Å². The molecule has 6 nitrogen and oxygen atoms in total. The lowest BCUT2D eigenvalue weighted by molar-refractivity contribution is 0.0695. The summed E-state index contributed by atoms with van der Waals surface area (Å²) in [7, 11) is 0. The molecule has 1 aromatic heterocycles. The number of carbonyl (C=O) groups is 1. The molecule has 8 heteroatoms. The van der Waals surface area contributed by atoms with Gasteiger partial charge in [0.15, 0.2) is 11.6 Å². The summed E-state index contributed by atoms with van der Waals surface area (Å²) in [6.45, 7) is 3.47. The highest BCUT2D eigenvalue weighted by molar-refractivity contribution is 6.36. The summed E-state index contributed by atoms with van der Waals surface area (Å²) in [5.74, 6) is -2.38. The molecule has 0 unspecified atom stereocenters. The van der Waals surface area contributed by atoms with Gasteiger partial charge >= 0.3 is 5.97 Å². The van der Waals surface area contributed by atoms with Crippen molar-refractivity contribution in [2.75, 3.05) is 6.61 Å². The number of carboxylic acid groups (broad SMARTS) is 1. The summed E-state index contributed by atoms with van der Waals surface area (Å²) >= 11 is 6.34. The highest BCUT2D eigenvalue weighted by Crippen LogP contribution is 2.41. The molecule has 3 N–H and O–H groups in total. The van der Waals surface area contributed by atoms with Crippen molar-refractivity contribution in [3.63, 3.8) is 0 Å². The predicted molar refractivity (Wildman–Crippen MR) is 92.2 cm³/mol. The molecule has 0 saturated heterocycles. The normalized spacial score (nSPS) is 14.8. The molecule has 0 atom stereocenters. The lowest BCUT2D eigenvalue weighted by Crippen LogP contribution is -2.38. The van der Waals surface area contributed by atoms with Crippen molar-refractivity contribution >= 4 is 28.5 Å². The maximum Gasteiger partial charge on any atom is 0.341 e. The Morgan fingerprint density at radius 2 is 2.16 bits per heavy atom. The molecule has 1 aromatic carbocycles. The maximum atomic E-state index is 14.5. The Labute approximate surface area is 147 Å². The number of rotatable bonds is 5. The largest absolute Gasteiger partial charge is 0.487 e. The van der Waals surface area contributed by atoms with Gasteiger partial charge in [0, 0.05) is 17.8 Å². The van der Waals surface area contributed by atoms with Crippen LogP contribution in [0.5, 0.6) is 5.75 Å². The van der Waals surface area contributed by atoms with E-state index in [4.69, 9.17) is 22.1 Å². The molecule has 1 heterocycles. The molecular weight excluding hydrogens is 351 g/mol. The highest BCUT2D eigenvalue weighted by Gasteiger charge is 2.30. The SMILES string of the molecule is CC(C)(N)COc1c(F)cc2c(=O)c(C(=O)O)cn(C3CC3)c2c1Cl. The van der Waals surface area contributed by atoms with Gasteiger partial charge in [0.1, 0.15) is 17.2 Å². The molecule has 1 fully saturated rings. The van der Waals surface area contributed by atoms with E-state index in [9.17, 15) is 19.1 Å². The zero-order valence-corrected chi connectivity index (χ0v) is 14.6. The van der Waals surface area contributed by atoms with Gasteiger partial charge in [-0.1, -0.05) is 11.6 Å². The van der Waals surface area contributed by atoms with Crippen molar-refractivity contribution in [1.29, 1.82) is 0 Å². The maximum absolute atomic E-state index is 14.5. The first kappa shape index (κ1) is 17.7. The van der Waals surface area contributed by atoms with Gasteiger partial charge in [-0.3, -0.25) is 4.79 Å². The monoisotopic (exact) mass is 368 g/mol. The number of benzene rings is 1. The average molecular weight is 369 g/mol. The van der Waals surface area contributed by atoms with Crippen LogP contribution in [0.25, 0.3) is 10.9 Å². The fraction of sp³-hybridized carbons (Fsp3) is 0.412. The standard InChI is InChI=1S/C17H18ClFN2O4/c1-17(2,20)7-25-15-11(19)5-9-13(12(15)18)21(8-3-4-8)6-10(14(9)22)16(23)24/h5-6,8H,3-4,7,20H2,1-2H3,(H,23,24). The summed E-state index contributed by atoms with van der Waals surface area (Å²) in [4.78, 5) is 23.7. The van der Waals surface area contributed by atoms with Gasteiger partial charge in [-0.05, 0) is 32.8 Å². The molecule has 0 amide bonds. The topological polar surface area (TPSA) is 94.6 Å². The van der Waals surface area contributed by atoms with Gasteiger partial charge in [-0.25, -0.2) is 9.18 Å². The molecule has 0 aliphatic heterocycles. The Hall–Kier alpha value is -2.12. The van der Waals surface area contributed by atoms with Gasteiger partial charge in [-0.15, -0.1) is 0 Å². The minimum absolute atomic E-state index is 0.0238.